The van der Waals surface area contributed by atoms with Gasteiger partial charge in [0.05, 0.1) is 7.11 Å². The number of carboxylic acid groups (broad SMARTS) is 1. The minimum absolute atomic E-state index is 0.0853. The monoisotopic (exact) mass is 424 g/mol. The van der Waals surface area contributed by atoms with Gasteiger partial charge in [0.2, 0.25) is 0 Å². The molecule has 2 rings (SSSR count). The molecule has 0 aliphatic rings. The Morgan fingerprint density at radius 3 is 2.35 bits per heavy atom. The molecule has 0 saturated heterocycles. The lowest BCUT2D eigenvalue weighted by Gasteiger charge is -2.21. The summed E-state index contributed by atoms with van der Waals surface area (Å²) < 4.78 is 15.0. The second-order valence-electron chi connectivity index (χ2n) is 6.83. The fourth-order valence-corrected chi connectivity index (χ4v) is 3.18. The van der Waals surface area contributed by atoms with E-state index >= 15 is 0 Å². The number of ether oxygens (including phenoxy) is 3. The van der Waals surface area contributed by atoms with Crippen LogP contribution in [0, 0.1) is 6.92 Å². The Labute approximate surface area is 180 Å². The predicted molar refractivity (Wildman–Crippen MR) is 116 cm³/mol. The number of carbonyl (C=O) groups excluding carboxylic acids is 2. The molecule has 0 atom stereocenters. The Bertz CT molecular complexity index is 1020. The molecule has 2 aromatic rings. The molecule has 0 aliphatic heterocycles. The zero-order chi connectivity index (χ0) is 23.0. The van der Waals surface area contributed by atoms with Crippen LogP contribution < -0.4 is 9.47 Å². The van der Waals surface area contributed by atoms with E-state index in [4.69, 9.17) is 9.47 Å². The van der Waals surface area contributed by atoms with Crippen LogP contribution in [0.3, 0.4) is 0 Å². The molecule has 1 N–H and O–H groups in total. The maximum absolute atomic E-state index is 12.2. The standard InChI is InChI=1S/C24H24O7/c1-15(2)10-12-19-21(29-4)16(3)18(13-11-17-8-6-5-7-9-17)20(23(26)27)22(19)31-24(28)30-14-25/h5-9,11,13-14H,1,10,12H2,2-4H3,(H,26,27)/b13-11+. The number of rotatable bonds is 9. The molecule has 162 valence electrons. The quantitative estimate of drug-likeness (QED) is 0.150. The maximum Gasteiger partial charge on any atom is 0.521 e. The number of allylic oxidation sites excluding steroid dienone is 1. The molecule has 0 fully saturated rings. The van der Waals surface area contributed by atoms with Crippen molar-refractivity contribution in [1.29, 1.82) is 0 Å². The summed E-state index contributed by atoms with van der Waals surface area (Å²) >= 11 is 0. The molecule has 0 aromatic heterocycles. The average molecular weight is 424 g/mol. The number of hydrogen-bond donors (Lipinski definition) is 1. The summed E-state index contributed by atoms with van der Waals surface area (Å²) in [5, 5.41) is 9.98. The van der Waals surface area contributed by atoms with Gasteiger partial charge in [-0.3, -0.25) is 4.79 Å². The Morgan fingerprint density at radius 2 is 1.81 bits per heavy atom. The Morgan fingerprint density at radius 1 is 1.13 bits per heavy atom. The van der Waals surface area contributed by atoms with Crippen LogP contribution in [0.5, 0.6) is 11.5 Å². The zero-order valence-corrected chi connectivity index (χ0v) is 17.6. The summed E-state index contributed by atoms with van der Waals surface area (Å²) in [6.45, 7) is 7.33. The molecule has 0 unspecified atom stereocenters. The van der Waals surface area contributed by atoms with Crippen LogP contribution in [0.15, 0.2) is 42.5 Å². The van der Waals surface area contributed by atoms with Crippen molar-refractivity contribution in [3.63, 3.8) is 0 Å². The van der Waals surface area contributed by atoms with E-state index in [1.165, 1.54) is 7.11 Å². The molecule has 0 radical (unpaired) electrons. The molecular weight excluding hydrogens is 400 g/mol. The SMILES string of the molecule is C=C(C)CCc1c(OC)c(C)c(/C=C/c2ccccc2)c(C(=O)O)c1OC(=O)OC=O. The van der Waals surface area contributed by atoms with Gasteiger partial charge in [-0.25, -0.2) is 9.59 Å². The van der Waals surface area contributed by atoms with Crippen LogP contribution in [0.4, 0.5) is 4.79 Å². The van der Waals surface area contributed by atoms with Gasteiger partial charge < -0.3 is 19.3 Å². The lowest BCUT2D eigenvalue weighted by atomic mass is 9.92. The summed E-state index contributed by atoms with van der Waals surface area (Å²) in [5.74, 6) is -1.15. The van der Waals surface area contributed by atoms with Crippen molar-refractivity contribution in [3.8, 4) is 11.5 Å². The van der Waals surface area contributed by atoms with Crippen molar-refractivity contribution in [2.45, 2.75) is 26.7 Å². The molecule has 0 spiro atoms. The molecule has 2 aromatic carbocycles. The highest BCUT2D eigenvalue weighted by molar-refractivity contribution is 5.99. The van der Waals surface area contributed by atoms with Crippen LogP contribution in [-0.2, 0) is 16.0 Å². The lowest BCUT2D eigenvalue weighted by Crippen LogP contribution is -2.16. The first kappa shape index (κ1) is 23.4. The van der Waals surface area contributed by atoms with E-state index in [0.29, 0.717) is 35.3 Å². The van der Waals surface area contributed by atoms with Crippen molar-refractivity contribution in [2.24, 2.45) is 0 Å². The van der Waals surface area contributed by atoms with E-state index in [-0.39, 0.29) is 17.8 Å². The second-order valence-corrected chi connectivity index (χ2v) is 6.83. The molecular formula is C24H24O7. The first-order valence-corrected chi connectivity index (χ1v) is 9.46. The highest BCUT2D eigenvalue weighted by atomic mass is 16.7. The molecule has 0 saturated carbocycles. The smallest absolute Gasteiger partial charge is 0.496 e. The molecule has 7 nitrogen and oxygen atoms in total. The molecule has 31 heavy (non-hydrogen) atoms. The minimum Gasteiger partial charge on any atom is -0.496 e. The van der Waals surface area contributed by atoms with Crippen LogP contribution in [0.1, 0.15) is 46.0 Å². The van der Waals surface area contributed by atoms with Gasteiger partial charge in [-0.2, -0.15) is 0 Å². The predicted octanol–water partition coefficient (Wildman–Crippen LogP) is 5.05. The number of aromatic carboxylic acids is 1. The molecule has 0 bridgehead atoms. The van der Waals surface area contributed by atoms with E-state index < -0.39 is 12.1 Å². The van der Waals surface area contributed by atoms with Crippen LogP contribution in [0.2, 0.25) is 0 Å². The summed E-state index contributed by atoms with van der Waals surface area (Å²) in [4.78, 5) is 34.7. The van der Waals surface area contributed by atoms with E-state index in [9.17, 15) is 19.5 Å². The third kappa shape index (κ3) is 5.82. The van der Waals surface area contributed by atoms with Gasteiger partial charge in [0.15, 0.2) is 5.75 Å². The van der Waals surface area contributed by atoms with Gasteiger partial charge in [-0.05, 0) is 43.4 Å². The maximum atomic E-state index is 12.2. The highest BCUT2D eigenvalue weighted by Gasteiger charge is 2.28. The van der Waals surface area contributed by atoms with Gasteiger partial charge in [0.1, 0.15) is 11.3 Å². The third-order valence-corrected chi connectivity index (χ3v) is 4.58. The number of carboxylic acids is 1. The van der Waals surface area contributed by atoms with Crippen molar-refractivity contribution >= 4 is 30.7 Å². The van der Waals surface area contributed by atoms with E-state index in [1.54, 1.807) is 19.1 Å². The molecule has 0 heterocycles. The lowest BCUT2D eigenvalue weighted by molar-refractivity contribution is -0.124. The summed E-state index contributed by atoms with van der Waals surface area (Å²) in [7, 11) is 1.45. The summed E-state index contributed by atoms with van der Waals surface area (Å²) in [6, 6.07) is 9.31. The summed E-state index contributed by atoms with van der Waals surface area (Å²) in [5.41, 5.74) is 2.73. The average Bonchev–Trinajstić information content (AvgIpc) is 2.72. The van der Waals surface area contributed by atoms with Crippen LogP contribution >= 0.6 is 0 Å². The Balaban J connectivity index is 2.78. The topological polar surface area (TPSA) is 99.1 Å². The van der Waals surface area contributed by atoms with Crippen molar-refractivity contribution in [1.82, 2.24) is 0 Å². The summed E-state index contributed by atoms with van der Waals surface area (Å²) in [6.07, 6.45) is 2.85. The number of benzene rings is 2. The fraction of sp³-hybridized carbons (Fsp3) is 0.208. The van der Waals surface area contributed by atoms with Crippen molar-refractivity contribution < 1.29 is 33.7 Å². The molecule has 0 amide bonds. The number of carbonyl (C=O) groups is 3. The Kier molecular flexibility index (Phi) is 8.14. The van der Waals surface area contributed by atoms with E-state index in [2.05, 4.69) is 11.3 Å². The van der Waals surface area contributed by atoms with Gasteiger partial charge in [0, 0.05) is 5.56 Å². The first-order chi connectivity index (χ1) is 14.8. The van der Waals surface area contributed by atoms with Gasteiger partial charge in [0.25, 0.3) is 0 Å². The molecule has 7 heteroatoms. The van der Waals surface area contributed by atoms with Crippen molar-refractivity contribution in [2.75, 3.05) is 7.11 Å². The number of hydrogen-bond acceptors (Lipinski definition) is 6. The van der Waals surface area contributed by atoms with Gasteiger partial charge in [-0.1, -0.05) is 48.1 Å². The van der Waals surface area contributed by atoms with E-state index in [0.717, 1.165) is 11.1 Å². The van der Waals surface area contributed by atoms with Gasteiger partial charge >= 0.3 is 18.6 Å². The van der Waals surface area contributed by atoms with Crippen LogP contribution in [0.25, 0.3) is 12.2 Å². The first-order valence-electron chi connectivity index (χ1n) is 9.46. The Hall–Kier alpha value is -3.87. The zero-order valence-electron chi connectivity index (χ0n) is 17.6. The normalized spacial score (nSPS) is 10.5. The largest absolute Gasteiger partial charge is 0.521 e. The van der Waals surface area contributed by atoms with Gasteiger partial charge in [-0.15, -0.1) is 6.58 Å². The van der Waals surface area contributed by atoms with Crippen molar-refractivity contribution in [3.05, 3.63) is 70.3 Å². The molecule has 0 aliphatic carbocycles. The number of methoxy groups -OCH3 is 1. The third-order valence-electron chi connectivity index (χ3n) is 4.58. The second kappa shape index (κ2) is 10.8. The minimum atomic E-state index is -1.34. The highest BCUT2D eigenvalue weighted by Crippen LogP contribution is 2.41. The van der Waals surface area contributed by atoms with Crippen LogP contribution in [-0.4, -0.2) is 30.8 Å². The van der Waals surface area contributed by atoms with E-state index in [1.807, 2.05) is 37.3 Å². The fourth-order valence-electron chi connectivity index (χ4n) is 3.18.